The molecule has 0 amide bonds. The maximum absolute atomic E-state index is 10.6. The third-order valence-electron chi connectivity index (χ3n) is 1.91. The Kier molecular flexibility index (Phi) is 1.81. The number of rotatable bonds is 1. The maximum atomic E-state index is 10.6. The molecule has 2 rings (SSSR count). The minimum atomic E-state index is 0.514. The first-order valence-corrected chi connectivity index (χ1v) is 4.18. The Bertz CT molecular complexity index is 476. The number of hydrogen-bond acceptors (Lipinski definition) is 2. The van der Waals surface area contributed by atoms with Crippen LogP contribution in [0.3, 0.4) is 0 Å². The van der Waals surface area contributed by atoms with Gasteiger partial charge < -0.3 is 0 Å². The first kappa shape index (κ1) is 8.26. The monoisotopic (exact) mass is 194 g/mol. The highest BCUT2D eigenvalue weighted by atomic mass is 35.5. The van der Waals surface area contributed by atoms with E-state index in [9.17, 15) is 4.79 Å². The van der Waals surface area contributed by atoms with Crippen LogP contribution in [0.25, 0.3) is 5.65 Å². The zero-order valence-corrected chi connectivity index (χ0v) is 7.75. The van der Waals surface area contributed by atoms with Gasteiger partial charge in [-0.25, -0.2) is 4.98 Å². The molecule has 0 bridgehead atoms. The Morgan fingerprint density at radius 2 is 2.38 bits per heavy atom. The van der Waals surface area contributed by atoms with Gasteiger partial charge in [-0.3, -0.25) is 9.20 Å². The molecule has 2 aromatic rings. The third-order valence-corrected chi connectivity index (χ3v) is 2.11. The lowest BCUT2D eigenvalue weighted by Crippen LogP contribution is -1.92. The van der Waals surface area contributed by atoms with E-state index in [1.54, 1.807) is 10.6 Å². The summed E-state index contributed by atoms with van der Waals surface area (Å²) in [5, 5.41) is 0.603. The minimum Gasteiger partial charge on any atom is -0.296 e. The fraction of sp³-hybridized carbons (Fsp3) is 0.111. The summed E-state index contributed by atoms with van der Waals surface area (Å²) in [6.07, 6.45) is 3.97. The molecule has 2 aromatic heterocycles. The van der Waals surface area contributed by atoms with Crippen LogP contribution in [-0.2, 0) is 0 Å². The highest BCUT2D eigenvalue weighted by Gasteiger charge is 2.04. The lowest BCUT2D eigenvalue weighted by Gasteiger charge is -1.99. The minimum absolute atomic E-state index is 0.514. The smallest absolute Gasteiger partial charge is 0.168 e. The van der Waals surface area contributed by atoms with Crippen LogP contribution in [0.4, 0.5) is 0 Å². The predicted molar refractivity (Wildman–Crippen MR) is 50.3 cm³/mol. The summed E-state index contributed by atoms with van der Waals surface area (Å²) in [5.74, 6) is 0. The number of carbonyl (C=O) groups is 1. The van der Waals surface area contributed by atoms with Crippen molar-refractivity contribution < 1.29 is 4.79 Å². The number of aldehydes is 1. The summed E-state index contributed by atoms with van der Waals surface area (Å²) < 4.78 is 1.69. The van der Waals surface area contributed by atoms with Gasteiger partial charge in [-0.15, -0.1) is 0 Å². The zero-order valence-electron chi connectivity index (χ0n) is 6.99. The molecule has 4 heteroatoms. The molecule has 0 N–H and O–H groups in total. The predicted octanol–water partition coefficient (Wildman–Crippen LogP) is 2.11. The van der Waals surface area contributed by atoms with Crippen molar-refractivity contribution in [2.45, 2.75) is 6.92 Å². The highest BCUT2D eigenvalue weighted by molar-refractivity contribution is 6.30. The van der Waals surface area contributed by atoms with Crippen LogP contribution in [-0.4, -0.2) is 15.7 Å². The van der Waals surface area contributed by atoms with E-state index in [0.717, 1.165) is 17.5 Å². The van der Waals surface area contributed by atoms with Crippen molar-refractivity contribution in [1.29, 1.82) is 0 Å². The number of aromatic nitrogens is 2. The van der Waals surface area contributed by atoms with E-state index in [4.69, 9.17) is 11.6 Å². The first-order valence-electron chi connectivity index (χ1n) is 3.81. The summed E-state index contributed by atoms with van der Waals surface area (Å²) in [6.45, 7) is 1.91. The van der Waals surface area contributed by atoms with Crippen molar-refractivity contribution in [2.24, 2.45) is 0 Å². The maximum Gasteiger partial charge on any atom is 0.168 e. The van der Waals surface area contributed by atoms with Gasteiger partial charge >= 0.3 is 0 Å². The fourth-order valence-electron chi connectivity index (χ4n) is 1.32. The van der Waals surface area contributed by atoms with Gasteiger partial charge in [-0.2, -0.15) is 0 Å². The van der Waals surface area contributed by atoms with Crippen molar-refractivity contribution >= 4 is 23.5 Å². The van der Waals surface area contributed by atoms with Gasteiger partial charge in [-0.1, -0.05) is 11.6 Å². The van der Waals surface area contributed by atoms with Gasteiger partial charge in [0.25, 0.3) is 0 Å². The molecular weight excluding hydrogens is 188 g/mol. The second kappa shape index (κ2) is 2.85. The second-order valence-corrected chi connectivity index (χ2v) is 3.27. The first-order chi connectivity index (χ1) is 6.22. The van der Waals surface area contributed by atoms with E-state index >= 15 is 0 Å². The molecule has 3 nitrogen and oxygen atoms in total. The van der Waals surface area contributed by atoms with E-state index in [0.29, 0.717) is 10.7 Å². The number of carbonyl (C=O) groups excluding carboxylic acids is 1. The van der Waals surface area contributed by atoms with Crippen molar-refractivity contribution in [2.75, 3.05) is 0 Å². The van der Waals surface area contributed by atoms with E-state index in [2.05, 4.69) is 4.98 Å². The molecule has 0 aliphatic carbocycles. The summed E-state index contributed by atoms with van der Waals surface area (Å²) in [5.41, 5.74) is 2.24. The molecule has 0 saturated carbocycles. The zero-order chi connectivity index (χ0) is 9.42. The lowest BCUT2D eigenvalue weighted by atomic mass is 10.3. The molecular formula is C9H7ClN2O. The van der Waals surface area contributed by atoms with Crippen LogP contribution in [0.5, 0.6) is 0 Å². The second-order valence-electron chi connectivity index (χ2n) is 2.84. The van der Waals surface area contributed by atoms with Crippen LogP contribution in [0.1, 0.15) is 16.1 Å². The summed E-state index contributed by atoms with van der Waals surface area (Å²) in [4.78, 5) is 14.7. The van der Waals surface area contributed by atoms with E-state index < -0.39 is 0 Å². The molecule has 0 aliphatic heterocycles. The molecule has 0 atom stereocenters. The largest absolute Gasteiger partial charge is 0.296 e. The molecule has 0 spiro atoms. The average Bonchev–Trinajstić information content (AvgIpc) is 2.47. The number of fused-ring (bicyclic) bond motifs is 1. The van der Waals surface area contributed by atoms with Gasteiger partial charge in [0.1, 0.15) is 11.3 Å². The van der Waals surface area contributed by atoms with E-state index in [1.165, 1.54) is 6.20 Å². The van der Waals surface area contributed by atoms with Crippen LogP contribution < -0.4 is 0 Å². The molecule has 13 heavy (non-hydrogen) atoms. The Balaban J connectivity index is 2.89. The molecule has 66 valence electrons. The number of aryl methyl sites for hydroxylation is 1. The van der Waals surface area contributed by atoms with Crippen molar-refractivity contribution in [3.8, 4) is 0 Å². The summed E-state index contributed by atoms with van der Waals surface area (Å²) in [7, 11) is 0. The standard InChI is InChI=1S/C9H7ClN2O/c1-6-2-7(10)4-12-8(5-13)3-11-9(6)12/h2-5H,1H3. The molecule has 0 fully saturated rings. The third kappa shape index (κ3) is 1.21. The normalized spacial score (nSPS) is 10.6. The van der Waals surface area contributed by atoms with Crippen molar-refractivity contribution in [3.05, 3.63) is 34.7 Å². The number of pyridine rings is 1. The van der Waals surface area contributed by atoms with Crippen LogP contribution >= 0.6 is 11.6 Å². The SMILES string of the molecule is Cc1cc(Cl)cn2c(C=O)cnc12. The Morgan fingerprint density at radius 3 is 3.08 bits per heavy atom. The highest BCUT2D eigenvalue weighted by Crippen LogP contribution is 2.16. The van der Waals surface area contributed by atoms with Gasteiger partial charge in [0.05, 0.1) is 11.2 Å². The van der Waals surface area contributed by atoms with Gasteiger partial charge in [0, 0.05) is 6.20 Å². The molecule has 0 radical (unpaired) electrons. The number of imidazole rings is 1. The number of nitrogens with zero attached hydrogens (tertiary/aromatic N) is 2. The summed E-state index contributed by atoms with van der Waals surface area (Å²) >= 11 is 5.85. The lowest BCUT2D eigenvalue weighted by molar-refractivity contribution is 0.111. The topological polar surface area (TPSA) is 34.4 Å². The molecule has 0 saturated heterocycles. The molecule has 0 unspecified atom stereocenters. The number of halogens is 1. The quantitative estimate of drug-likeness (QED) is 0.652. The van der Waals surface area contributed by atoms with E-state index in [-0.39, 0.29) is 0 Å². The molecule has 0 aliphatic rings. The fourth-order valence-corrected chi connectivity index (χ4v) is 1.58. The van der Waals surface area contributed by atoms with Crippen molar-refractivity contribution in [3.63, 3.8) is 0 Å². The Hall–Kier alpha value is -1.35. The Labute approximate surface area is 80.0 Å². The van der Waals surface area contributed by atoms with Gasteiger partial charge in [0.15, 0.2) is 6.29 Å². The van der Waals surface area contributed by atoms with Crippen molar-refractivity contribution in [1.82, 2.24) is 9.38 Å². The number of hydrogen-bond donors (Lipinski definition) is 0. The van der Waals surface area contributed by atoms with Gasteiger partial charge in [0.2, 0.25) is 0 Å². The van der Waals surface area contributed by atoms with E-state index in [1.807, 2.05) is 13.0 Å². The van der Waals surface area contributed by atoms with Crippen LogP contribution in [0, 0.1) is 6.92 Å². The average molecular weight is 195 g/mol. The summed E-state index contributed by atoms with van der Waals surface area (Å²) in [6, 6.07) is 1.82. The molecule has 2 heterocycles. The van der Waals surface area contributed by atoms with Crippen LogP contribution in [0.15, 0.2) is 18.5 Å². The van der Waals surface area contributed by atoms with Crippen LogP contribution in [0.2, 0.25) is 5.02 Å². The molecule has 0 aromatic carbocycles. The Morgan fingerprint density at radius 1 is 1.62 bits per heavy atom. The van der Waals surface area contributed by atoms with Gasteiger partial charge in [-0.05, 0) is 18.6 Å².